The molecular formula is C17H29N3O2. The van der Waals surface area contributed by atoms with Crippen LogP contribution in [0.15, 0.2) is 29.3 Å². The van der Waals surface area contributed by atoms with Crippen LogP contribution >= 0.6 is 0 Å². The molecule has 0 unspecified atom stereocenters. The fourth-order valence-corrected chi connectivity index (χ4v) is 1.96. The average molecular weight is 307 g/mol. The molecule has 0 saturated carbocycles. The Morgan fingerprint density at radius 2 is 1.82 bits per heavy atom. The second-order valence-electron chi connectivity index (χ2n) is 5.01. The maximum absolute atomic E-state index is 5.70. The summed E-state index contributed by atoms with van der Waals surface area (Å²) in [4.78, 5) is 4.20. The summed E-state index contributed by atoms with van der Waals surface area (Å²) in [5, 5.41) is 6.60. The number of ether oxygens (including phenoxy) is 2. The van der Waals surface area contributed by atoms with E-state index in [1.807, 2.05) is 24.3 Å². The minimum atomic E-state index is 0.660. The van der Waals surface area contributed by atoms with Crippen molar-refractivity contribution in [3.63, 3.8) is 0 Å². The quantitative estimate of drug-likeness (QED) is 0.396. The summed E-state index contributed by atoms with van der Waals surface area (Å²) in [5.74, 6) is 2.51. The number of nitrogens with one attached hydrogen (secondary N) is 2. The highest BCUT2D eigenvalue weighted by atomic mass is 16.5. The van der Waals surface area contributed by atoms with E-state index in [1.165, 1.54) is 19.3 Å². The molecule has 0 radical (unpaired) electrons. The number of hydrogen-bond acceptors (Lipinski definition) is 3. The monoisotopic (exact) mass is 307 g/mol. The number of benzene rings is 1. The van der Waals surface area contributed by atoms with Gasteiger partial charge >= 0.3 is 0 Å². The number of hydrogen-bond donors (Lipinski definition) is 2. The third-order valence-electron chi connectivity index (χ3n) is 3.22. The van der Waals surface area contributed by atoms with Gasteiger partial charge in [-0.2, -0.15) is 0 Å². The first-order valence-corrected chi connectivity index (χ1v) is 8.01. The van der Waals surface area contributed by atoms with E-state index in [-0.39, 0.29) is 0 Å². The maximum Gasteiger partial charge on any atom is 0.190 e. The van der Waals surface area contributed by atoms with Gasteiger partial charge in [0.05, 0.1) is 13.7 Å². The SMILES string of the molecule is CCCCCNC(=NC)NCCCOc1cccc(OC)c1. The Morgan fingerprint density at radius 3 is 2.50 bits per heavy atom. The lowest BCUT2D eigenvalue weighted by atomic mass is 10.2. The van der Waals surface area contributed by atoms with E-state index in [1.54, 1.807) is 14.2 Å². The van der Waals surface area contributed by atoms with E-state index in [9.17, 15) is 0 Å². The average Bonchev–Trinajstić information content (AvgIpc) is 2.56. The van der Waals surface area contributed by atoms with Crippen LogP contribution in [0.1, 0.15) is 32.6 Å². The number of methoxy groups -OCH3 is 1. The highest BCUT2D eigenvalue weighted by molar-refractivity contribution is 5.79. The van der Waals surface area contributed by atoms with Crippen molar-refractivity contribution in [1.82, 2.24) is 10.6 Å². The molecule has 5 nitrogen and oxygen atoms in total. The number of rotatable bonds is 10. The number of guanidine groups is 1. The summed E-state index contributed by atoms with van der Waals surface area (Å²) in [5.41, 5.74) is 0. The van der Waals surface area contributed by atoms with Crippen molar-refractivity contribution in [2.24, 2.45) is 4.99 Å². The van der Waals surface area contributed by atoms with Crippen molar-refractivity contribution in [2.45, 2.75) is 32.6 Å². The minimum absolute atomic E-state index is 0.660. The fraction of sp³-hybridized carbons (Fsp3) is 0.588. The summed E-state index contributed by atoms with van der Waals surface area (Å²) in [7, 11) is 3.45. The lowest BCUT2D eigenvalue weighted by Gasteiger charge is -2.12. The molecule has 0 atom stereocenters. The van der Waals surface area contributed by atoms with Gasteiger partial charge in [0.1, 0.15) is 11.5 Å². The summed E-state index contributed by atoms with van der Waals surface area (Å²) < 4.78 is 10.9. The molecule has 0 aliphatic carbocycles. The first kappa shape index (κ1) is 18.1. The molecule has 1 aromatic carbocycles. The van der Waals surface area contributed by atoms with Crippen molar-refractivity contribution in [1.29, 1.82) is 0 Å². The Morgan fingerprint density at radius 1 is 1.09 bits per heavy atom. The van der Waals surface area contributed by atoms with Crippen LogP contribution in [0.3, 0.4) is 0 Å². The molecule has 0 amide bonds. The Kier molecular flexibility index (Phi) is 9.66. The van der Waals surface area contributed by atoms with E-state index in [0.29, 0.717) is 6.61 Å². The van der Waals surface area contributed by atoms with Crippen molar-refractivity contribution >= 4 is 5.96 Å². The molecule has 1 rings (SSSR count). The Hall–Kier alpha value is -1.91. The number of unbranched alkanes of at least 4 members (excludes halogenated alkanes) is 2. The molecule has 0 bridgehead atoms. The van der Waals surface area contributed by atoms with E-state index >= 15 is 0 Å². The number of nitrogens with zero attached hydrogens (tertiary/aromatic N) is 1. The highest BCUT2D eigenvalue weighted by Gasteiger charge is 1.98. The van der Waals surface area contributed by atoms with Crippen molar-refractivity contribution in [2.75, 3.05) is 33.9 Å². The maximum atomic E-state index is 5.70. The molecule has 124 valence electrons. The molecule has 0 aromatic heterocycles. The normalized spacial score (nSPS) is 11.1. The van der Waals surface area contributed by atoms with Gasteiger partial charge in [0, 0.05) is 26.2 Å². The van der Waals surface area contributed by atoms with Gasteiger partial charge in [-0.05, 0) is 25.0 Å². The van der Waals surface area contributed by atoms with E-state index in [0.717, 1.165) is 37.0 Å². The topological polar surface area (TPSA) is 54.9 Å². The molecule has 2 N–H and O–H groups in total. The highest BCUT2D eigenvalue weighted by Crippen LogP contribution is 2.18. The molecule has 0 heterocycles. The molecule has 5 heteroatoms. The van der Waals surface area contributed by atoms with Crippen molar-refractivity contribution in [3.05, 3.63) is 24.3 Å². The van der Waals surface area contributed by atoms with Crippen LogP contribution in [0.4, 0.5) is 0 Å². The lowest BCUT2D eigenvalue weighted by molar-refractivity contribution is 0.308. The summed E-state index contributed by atoms with van der Waals surface area (Å²) in [6.45, 7) is 4.66. The molecule has 0 saturated heterocycles. The minimum Gasteiger partial charge on any atom is -0.497 e. The predicted molar refractivity (Wildman–Crippen MR) is 92.0 cm³/mol. The Labute approximate surface area is 134 Å². The van der Waals surface area contributed by atoms with Crippen LogP contribution < -0.4 is 20.1 Å². The van der Waals surface area contributed by atoms with Gasteiger partial charge in [0.2, 0.25) is 0 Å². The third kappa shape index (κ3) is 7.76. The molecule has 0 aliphatic rings. The molecular weight excluding hydrogens is 278 g/mol. The van der Waals surface area contributed by atoms with Crippen LogP contribution in [0, 0.1) is 0 Å². The van der Waals surface area contributed by atoms with Crippen LogP contribution in [0.25, 0.3) is 0 Å². The van der Waals surface area contributed by atoms with Gasteiger partial charge in [0.25, 0.3) is 0 Å². The van der Waals surface area contributed by atoms with Crippen molar-refractivity contribution in [3.8, 4) is 11.5 Å². The summed E-state index contributed by atoms with van der Waals surface area (Å²) >= 11 is 0. The third-order valence-corrected chi connectivity index (χ3v) is 3.22. The Bertz CT molecular complexity index is 436. The smallest absolute Gasteiger partial charge is 0.190 e. The molecule has 22 heavy (non-hydrogen) atoms. The van der Waals surface area contributed by atoms with Crippen LogP contribution in [0.2, 0.25) is 0 Å². The molecule has 1 aromatic rings. The van der Waals surface area contributed by atoms with Gasteiger partial charge < -0.3 is 20.1 Å². The van der Waals surface area contributed by atoms with Gasteiger partial charge in [0.15, 0.2) is 5.96 Å². The molecule has 0 fully saturated rings. The first-order valence-electron chi connectivity index (χ1n) is 8.01. The lowest BCUT2D eigenvalue weighted by Crippen LogP contribution is -2.38. The van der Waals surface area contributed by atoms with Gasteiger partial charge in [-0.1, -0.05) is 25.8 Å². The number of aliphatic imine (C=N–C) groups is 1. The van der Waals surface area contributed by atoms with E-state index in [4.69, 9.17) is 9.47 Å². The zero-order valence-electron chi connectivity index (χ0n) is 14.0. The molecule has 0 spiro atoms. The van der Waals surface area contributed by atoms with Crippen LogP contribution in [-0.2, 0) is 0 Å². The predicted octanol–water partition coefficient (Wildman–Crippen LogP) is 2.82. The zero-order chi connectivity index (χ0) is 16.0. The van der Waals surface area contributed by atoms with Gasteiger partial charge in [-0.15, -0.1) is 0 Å². The second-order valence-corrected chi connectivity index (χ2v) is 5.01. The van der Waals surface area contributed by atoms with E-state index < -0.39 is 0 Å². The van der Waals surface area contributed by atoms with Crippen LogP contribution in [-0.4, -0.2) is 39.8 Å². The largest absolute Gasteiger partial charge is 0.497 e. The summed E-state index contributed by atoms with van der Waals surface area (Å²) in [6.07, 6.45) is 4.57. The Balaban J connectivity index is 2.13. The first-order chi connectivity index (χ1) is 10.8. The standard InChI is InChI=1S/C17H29N3O2/c1-4-5-6-11-19-17(18-2)20-12-8-13-22-16-10-7-9-15(14-16)21-3/h7,9-10,14H,4-6,8,11-13H2,1-3H3,(H2,18,19,20). The summed E-state index contributed by atoms with van der Waals surface area (Å²) in [6, 6.07) is 7.66. The zero-order valence-corrected chi connectivity index (χ0v) is 14.0. The van der Waals surface area contributed by atoms with Gasteiger partial charge in [-0.3, -0.25) is 4.99 Å². The fourth-order valence-electron chi connectivity index (χ4n) is 1.96. The second kappa shape index (κ2) is 11.7. The van der Waals surface area contributed by atoms with E-state index in [2.05, 4.69) is 22.5 Å². The molecule has 0 aliphatic heterocycles. The van der Waals surface area contributed by atoms with Crippen molar-refractivity contribution < 1.29 is 9.47 Å². The van der Waals surface area contributed by atoms with Crippen LogP contribution in [0.5, 0.6) is 11.5 Å². The van der Waals surface area contributed by atoms with Gasteiger partial charge in [-0.25, -0.2) is 0 Å².